The van der Waals surface area contributed by atoms with Gasteiger partial charge in [-0.2, -0.15) is 0 Å². The lowest BCUT2D eigenvalue weighted by molar-refractivity contribution is -0.120. The first kappa shape index (κ1) is 19.4. The third-order valence-corrected chi connectivity index (χ3v) is 5.29. The fourth-order valence-corrected chi connectivity index (χ4v) is 3.59. The van der Waals surface area contributed by atoms with Crippen molar-refractivity contribution >= 4 is 5.91 Å². The van der Waals surface area contributed by atoms with E-state index in [1.165, 1.54) is 12.8 Å². The van der Waals surface area contributed by atoms with Crippen LogP contribution in [0.3, 0.4) is 0 Å². The number of benzene rings is 1. The summed E-state index contributed by atoms with van der Waals surface area (Å²) in [5.74, 6) is 1.62. The van der Waals surface area contributed by atoms with Gasteiger partial charge in [0.25, 0.3) is 0 Å². The maximum Gasteiger partial charge on any atom is 0.224 e. The van der Waals surface area contributed by atoms with Crippen LogP contribution in [0.5, 0.6) is 5.75 Å². The molecule has 2 aromatic rings. The highest BCUT2D eigenvalue weighted by Crippen LogP contribution is 2.18. The summed E-state index contributed by atoms with van der Waals surface area (Å²) in [5, 5.41) is 7.01. The minimum Gasteiger partial charge on any atom is -0.489 e. The Labute approximate surface area is 160 Å². The van der Waals surface area contributed by atoms with Gasteiger partial charge in [0.2, 0.25) is 5.91 Å². The normalized spacial score (nSPS) is 17.2. The Hall–Kier alpha value is -2.34. The molecule has 0 spiro atoms. The standard InChI is InChI=1S/C21H29N3O3/c1-4-24-11-5-6-18(24)13-22-21(25)12-17-7-9-19(10-8-17)26-14-20-15(2)23-27-16(20)3/h7-10,18H,4-6,11-14H2,1-3H3,(H,22,25)/t18-/m1/s1. The Morgan fingerprint density at radius 1 is 1.33 bits per heavy atom. The molecule has 1 aromatic heterocycles. The summed E-state index contributed by atoms with van der Waals surface area (Å²) >= 11 is 0. The SMILES string of the molecule is CCN1CCC[C@@H]1CNC(=O)Cc1ccc(OCc2c(C)noc2C)cc1. The molecule has 1 aromatic carbocycles. The molecule has 6 nitrogen and oxygen atoms in total. The van der Waals surface area contributed by atoms with Crippen molar-refractivity contribution in [2.24, 2.45) is 0 Å². The van der Waals surface area contributed by atoms with E-state index in [0.717, 1.165) is 48.0 Å². The molecule has 146 valence electrons. The Bertz CT molecular complexity index is 735. The maximum atomic E-state index is 12.2. The van der Waals surface area contributed by atoms with E-state index in [9.17, 15) is 4.79 Å². The molecule has 2 heterocycles. The highest BCUT2D eigenvalue weighted by atomic mass is 16.5. The molecule has 1 amide bonds. The molecule has 1 fully saturated rings. The molecule has 1 aliphatic rings. The van der Waals surface area contributed by atoms with E-state index in [0.29, 0.717) is 19.1 Å². The highest BCUT2D eigenvalue weighted by molar-refractivity contribution is 5.78. The second-order valence-electron chi connectivity index (χ2n) is 7.14. The predicted molar refractivity (Wildman–Crippen MR) is 104 cm³/mol. The molecule has 0 aliphatic carbocycles. The molecule has 1 aliphatic heterocycles. The van der Waals surface area contributed by atoms with Gasteiger partial charge in [-0.25, -0.2) is 0 Å². The van der Waals surface area contributed by atoms with E-state index in [1.807, 2.05) is 38.1 Å². The van der Waals surface area contributed by atoms with E-state index < -0.39 is 0 Å². The van der Waals surface area contributed by atoms with E-state index in [-0.39, 0.29) is 5.91 Å². The zero-order valence-corrected chi connectivity index (χ0v) is 16.5. The summed E-state index contributed by atoms with van der Waals surface area (Å²) in [6.07, 6.45) is 2.79. The zero-order chi connectivity index (χ0) is 19.2. The number of carbonyl (C=O) groups excluding carboxylic acids is 1. The van der Waals surface area contributed by atoms with Gasteiger partial charge in [-0.05, 0) is 57.5 Å². The van der Waals surface area contributed by atoms with Crippen LogP contribution >= 0.6 is 0 Å². The summed E-state index contributed by atoms with van der Waals surface area (Å²) in [5.41, 5.74) is 2.81. The highest BCUT2D eigenvalue weighted by Gasteiger charge is 2.23. The average molecular weight is 371 g/mol. The molecule has 1 N–H and O–H groups in total. The van der Waals surface area contributed by atoms with Crippen LogP contribution < -0.4 is 10.1 Å². The monoisotopic (exact) mass is 371 g/mol. The molecule has 0 radical (unpaired) electrons. The zero-order valence-electron chi connectivity index (χ0n) is 16.5. The third-order valence-electron chi connectivity index (χ3n) is 5.29. The minimum absolute atomic E-state index is 0.0716. The van der Waals surface area contributed by atoms with Crippen molar-refractivity contribution in [3.63, 3.8) is 0 Å². The van der Waals surface area contributed by atoms with E-state index in [4.69, 9.17) is 9.26 Å². The van der Waals surface area contributed by atoms with Crippen LogP contribution in [0.15, 0.2) is 28.8 Å². The number of likely N-dealkylation sites (tertiary alicyclic amines) is 1. The lowest BCUT2D eigenvalue weighted by Crippen LogP contribution is -2.40. The number of nitrogens with one attached hydrogen (secondary N) is 1. The number of rotatable bonds is 8. The molecule has 27 heavy (non-hydrogen) atoms. The molecule has 3 rings (SSSR count). The van der Waals surface area contributed by atoms with Crippen LogP contribution in [0.2, 0.25) is 0 Å². The summed E-state index contributed by atoms with van der Waals surface area (Å²) in [7, 11) is 0. The number of aromatic nitrogens is 1. The van der Waals surface area contributed by atoms with Gasteiger partial charge in [0.1, 0.15) is 18.1 Å². The van der Waals surface area contributed by atoms with Crippen molar-refractivity contribution < 1.29 is 14.1 Å². The summed E-state index contributed by atoms with van der Waals surface area (Å²) < 4.78 is 10.9. The number of hydrogen-bond donors (Lipinski definition) is 1. The first-order valence-electron chi connectivity index (χ1n) is 9.71. The Morgan fingerprint density at radius 3 is 2.78 bits per heavy atom. The number of ether oxygens (including phenoxy) is 1. The molecule has 0 unspecified atom stereocenters. The van der Waals surface area contributed by atoms with Gasteiger partial charge in [0.15, 0.2) is 0 Å². The van der Waals surface area contributed by atoms with Crippen LogP contribution in [0.25, 0.3) is 0 Å². The Balaban J connectivity index is 1.45. The van der Waals surface area contributed by atoms with Gasteiger partial charge in [0, 0.05) is 12.6 Å². The van der Waals surface area contributed by atoms with Crippen molar-refractivity contribution in [1.29, 1.82) is 0 Å². The summed E-state index contributed by atoms with van der Waals surface area (Å²) in [6.45, 7) is 9.33. The van der Waals surface area contributed by atoms with Crippen LogP contribution in [0.4, 0.5) is 0 Å². The second-order valence-corrected chi connectivity index (χ2v) is 7.14. The average Bonchev–Trinajstić information content (AvgIpc) is 3.26. The van der Waals surface area contributed by atoms with Gasteiger partial charge < -0.3 is 14.6 Å². The Kier molecular flexibility index (Phi) is 6.50. The topological polar surface area (TPSA) is 67.6 Å². The largest absolute Gasteiger partial charge is 0.489 e. The quantitative estimate of drug-likeness (QED) is 0.773. The number of likely N-dealkylation sites (N-methyl/N-ethyl adjacent to an activating group) is 1. The smallest absolute Gasteiger partial charge is 0.224 e. The molecule has 0 saturated carbocycles. The van der Waals surface area contributed by atoms with Gasteiger partial charge in [-0.15, -0.1) is 0 Å². The lowest BCUT2D eigenvalue weighted by Gasteiger charge is -2.22. The predicted octanol–water partition coefficient (Wildman–Crippen LogP) is 3.01. The van der Waals surface area contributed by atoms with Gasteiger partial charge >= 0.3 is 0 Å². The van der Waals surface area contributed by atoms with E-state index in [2.05, 4.69) is 22.3 Å². The number of carbonyl (C=O) groups is 1. The summed E-state index contributed by atoms with van der Waals surface area (Å²) in [6, 6.07) is 8.17. The van der Waals surface area contributed by atoms with Crippen LogP contribution in [0, 0.1) is 13.8 Å². The van der Waals surface area contributed by atoms with Crippen molar-refractivity contribution in [3.05, 3.63) is 46.8 Å². The van der Waals surface area contributed by atoms with Crippen LogP contribution in [-0.2, 0) is 17.8 Å². The Morgan fingerprint density at radius 2 is 2.11 bits per heavy atom. The molecule has 0 bridgehead atoms. The second kappa shape index (κ2) is 9.04. The van der Waals surface area contributed by atoms with Crippen molar-refractivity contribution in [1.82, 2.24) is 15.4 Å². The first-order chi connectivity index (χ1) is 13.1. The van der Waals surface area contributed by atoms with Crippen LogP contribution in [0.1, 0.15) is 42.3 Å². The van der Waals surface area contributed by atoms with Crippen molar-refractivity contribution in [3.8, 4) is 5.75 Å². The lowest BCUT2D eigenvalue weighted by atomic mass is 10.1. The molecule has 6 heteroatoms. The van der Waals surface area contributed by atoms with Gasteiger partial charge in [-0.3, -0.25) is 9.69 Å². The van der Waals surface area contributed by atoms with Crippen molar-refractivity contribution in [2.75, 3.05) is 19.6 Å². The molecule has 1 saturated heterocycles. The number of amides is 1. The van der Waals surface area contributed by atoms with E-state index in [1.54, 1.807) is 0 Å². The molecular formula is C21H29N3O3. The minimum atomic E-state index is 0.0716. The fraction of sp³-hybridized carbons (Fsp3) is 0.524. The van der Waals surface area contributed by atoms with E-state index >= 15 is 0 Å². The maximum absolute atomic E-state index is 12.2. The number of aryl methyl sites for hydroxylation is 2. The first-order valence-corrected chi connectivity index (χ1v) is 9.71. The third kappa shape index (κ3) is 5.10. The van der Waals surface area contributed by atoms with Gasteiger partial charge in [0.05, 0.1) is 17.7 Å². The van der Waals surface area contributed by atoms with Crippen LogP contribution in [-0.4, -0.2) is 41.6 Å². The molecule has 1 atom stereocenters. The van der Waals surface area contributed by atoms with Crippen molar-refractivity contribution in [2.45, 2.75) is 52.7 Å². The number of hydrogen-bond acceptors (Lipinski definition) is 5. The molecular weight excluding hydrogens is 342 g/mol. The number of nitrogens with zero attached hydrogens (tertiary/aromatic N) is 2. The summed E-state index contributed by atoms with van der Waals surface area (Å²) in [4.78, 5) is 14.7. The fourth-order valence-electron chi connectivity index (χ4n) is 3.59. The van der Waals surface area contributed by atoms with Gasteiger partial charge in [-0.1, -0.05) is 24.2 Å².